The van der Waals surface area contributed by atoms with E-state index in [1.165, 1.54) is 10.8 Å². The molecule has 180 valence electrons. The molecule has 1 N–H and O–H groups in total. The first-order chi connectivity index (χ1) is 16.3. The zero-order chi connectivity index (χ0) is 24.1. The van der Waals surface area contributed by atoms with Crippen molar-refractivity contribution in [2.75, 3.05) is 13.1 Å². The summed E-state index contributed by atoms with van der Waals surface area (Å²) in [6.45, 7) is 6.88. The molecule has 34 heavy (non-hydrogen) atoms. The maximum absolute atomic E-state index is 12.2. The number of ether oxygens (including phenoxy) is 2. The summed E-state index contributed by atoms with van der Waals surface area (Å²) < 4.78 is 11.8. The lowest BCUT2D eigenvalue weighted by Crippen LogP contribution is -2.45. The summed E-state index contributed by atoms with van der Waals surface area (Å²) in [5, 5.41) is 13.6. The van der Waals surface area contributed by atoms with Crippen LogP contribution in [0.25, 0.3) is 10.8 Å². The van der Waals surface area contributed by atoms with Crippen molar-refractivity contribution in [1.82, 2.24) is 5.06 Å². The number of fused-ring (bicyclic) bond motifs is 1. The average Bonchev–Trinajstić information content (AvgIpc) is 2.81. The quantitative estimate of drug-likeness (QED) is 0.482. The molecule has 6 heteroatoms. The summed E-state index contributed by atoms with van der Waals surface area (Å²) in [5.74, 6) is 0.116. The largest absolute Gasteiger partial charge is 0.528 e. The average molecular weight is 464 g/mol. The standard InChI is InChI=1S/C28H33NO5/c1-28(2,3)33-27(31)34-29-14-13-25(24-10-6-7-20(15-24)18-30)26(17-29)32-19-21-11-12-22-8-4-5-9-23(22)16-21/h4-12,15-16,25-26,30H,13-14,17-19H2,1-3H3. The first-order valence-corrected chi connectivity index (χ1v) is 11.8. The SMILES string of the molecule is CC(C)(C)OC(=O)ON1CCC(c2cccc(CO)c2)C(OCc2ccc3ccccc3c2)C1. The van der Waals surface area contributed by atoms with Gasteiger partial charge in [-0.3, -0.25) is 0 Å². The van der Waals surface area contributed by atoms with E-state index in [1.54, 1.807) is 5.06 Å². The molecule has 2 unspecified atom stereocenters. The Morgan fingerprint density at radius 2 is 1.79 bits per heavy atom. The van der Waals surface area contributed by atoms with E-state index in [1.807, 2.05) is 51.1 Å². The van der Waals surface area contributed by atoms with E-state index in [0.717, 1.165) is 23.1 Å². The lowest BCUT2D eigenvalue weighted by molar-refractivity contribution is -0.179. The topological polar surface area (TPSA) is 68.2 Å². The van der Waals surface area contributed by atoms with Crippen LogP contribution in [0.2, 0.25) is 0 Å². The number of hydrogen-bond acceptors (Lipinski definition) is 6. The summed E-state index contributed by atoms with van der Waals surface area (Å²) in [5.41, 5.74) is 2.46. The summed E-state index contributed by atoms with van der Waals surface area (Å²) in [6, 6.07) is 22.6. The number of hydrogen-bond donors (Lipinski definition) is 1. The van der Waals surface area contributed by atoms with E-state index < -0.39 is 11.8 Å². The van der Waals surface area contributed by atoms with Gasteiger partial charge in [-0.05, 0) is 60.7 Å². The summed E-state index contributed by atoms with van der Waals surface area (Å²) in [6.07, 6.45) is -0.154. The Balaban J connectivity index is 1.50. The third-order valence-electron chi connectivity index (χ3n) is 5.95. The van der Waals surface area contributed by atoms with Crippen LogP contribution in [-0.2, 0) is 27.5 Å². The molecule has 0 saturated carbocycles. The number of aliphatic hydroxyl groups excluding tert-OH is 1. The van der Waals surface area contributed by atoms with Crippen molar-refractivity contribution in [3.63, 3.8) is 0 Å². The van der Waals surface area contributed by atoms with Crippen molar-refractivity contribution >= 4 is 16.9 Å². The number of carbonyl (C=O) groups excluding carboxylic acids is 1. The maximum atomic E-state index is 12.2. The third kappa shape index (κ3) is 6.35. The fourth-order valence-corrected chi connectivity index (χ4v) is 4.35. The molecule has 1 aliphatic heterocycles. The van der Waals surface area contributed by atoms with Gasteiger partial charge >= 0.3 is 6.16 Å². The molecule has 1 heterocycles. The van der Waals surface area contributed by atoms with Crippen LogP contribution in [0.15, 0.2) is 66.7 Å². The minimum Gasteiger partial charge on any atom is -0.427 e. The molecular formula is C28H33NO5. The molecule has 0 spiro atoms. The summed E-state index contributed by atoms with van der Waals surface area (Å²) >= 11 is 0. The molecule has 1 fully saturated rings. The van der Waals surface area contributed by atoms with Crippen LogP contribution in [0.3, 0.4) is 0 Å². The lowest BCUT2D eigenvalue weighted by atomic mass is 9.87. The first-order valence-electron chi connectivity index (χ1n) is 11.8. The van der Waals surface area contributed by atoms with E-state index >= 15 is 0 Å². The molecule has 2 atom stereocenters. The van der Waals surface area contributed by atoms with Gasteiger partial charge in [0.2, 0.25) is 0 Å². The minimum atomic E-state index is -0.707. The van der Waals surface area contributed by atoms with Gasteiger partial charge < -0.3 is 19.4 Å². The van der Waals surface area contributed by atoms with Gasteiger partial charge in [0, 0.05) is 12.5 Å². The molecule has 0 aliphatic carbocycles. The van der Waals surface area contributed by atoms with E-state index in [9.17, 15) is 9.90 Å². The lowest BCUT2D eigenvalue weighted by Gasteiger charge is -2.37. The van der Waals surface area contributed by atoms with Gasteiger partial charge in [-0.2, -0.15) is 0 Å². The molecule has 1 aliphatic rings. The number of carbonyl (C=O) groups is 1. The van der Waals surface area contributed by atoms with E-state index in [0.29, 0.717) is 19.7 Å². The predicted octanol–water partition coefficient (Wildman–Crippen LogP) is 5.57. The number of aliphatic hydroxyl groups is 1. The highest BCUT2D eigenvalue weighted by Gasteiger charge is 2.34. The second-order valence-electron chi connectivity index (χ2n) is 9.77. The fraction of sp³-hybridized carbons (Fsp3) is 0.393. The van der Waals surface area contributed by atoms with Crippen molar-refractivity contribution < 1.29 is 24.2 Å². The van der Waals surface area contributed by atoms with Gasteiger partial charge in [-0.15, -0.1) is 5.06 Å². The highest BCUT2D eigenvalue weighted by molar-refractivity contribution is 5.82. The fourth-order valence-electron chi connectivity index (χ4n) is 4.35. The number of benzene rings is 3. The molecule has 6 nitrogen and oxygen atoms in total. The van der Waals surface area contributed by atoms with Crippen molar-refractivity contribution in [2.24, 2.45) is 0 Å². The molecule has 0 bridgehead atoms. The van der Waals surface area contributed by atoms with Crippen LogP contribution in [0.5, 0.6) is 0 Å². The molecule has 1 saturated heterocycles. The molecule has 0 amide bonds. The first kappa shape index (κ1) is 24.2. The Labute approximate surface area is 201 Å². The Morgan fingerprint density at radius 3 is 2.56 bits per heavy atom. The second-order valence-corrected chi connectivity index (χ2v) is 9.77. The predicted molar refractivity (Wildman–Crippen MR) is 131 cm³/mol. The van der Waals surface area contributed by atoms with Gasteiger partial charge in [0.15, 0.2) is 0 Å². The van der Waals surface area contributed by atoms with Crippen molar-refractivity contribution in [2.45, 2.75) is 58.0 Å². The minimum absolute atomic E-state index is 0.00292. The Bertz CT molecular complexity index is 1120. The van der Waals surface area contributed by atoms with E-state index in [-0.39, 0.29) is 18.6 Å². The van der Waals surface area contributed by atoms with Crippen LogP contribution < -0.4 is 0 Å². The zero-order valence-electron chi connectivity index (χ0n) is 20.1. The van der Waals surface area contributed by atoms with Crippen molar-refractivity contribution in [1.29, 1.82) is 0 Å². The normalized spacial score (nSPS) is 19.2. The van der Waals surface area contributed by atoms with Gasteiger partial charge in [-0.1, -0.05) is 60.7 Å². The molecule has 3 aromatic carbocycles. The summed E-state index contributed by atoms with van der Waals surface area (Å²) in [4.78, 5) is 17.7. The maximum Gasteiger partial charge on any atom is 0.528 e. The molecular weight excluding hydrogens is 430 g/mol. The van der Waals surface area contributed by atoms with Crippen LogP contribution in [0.4, 0.5) is 4.79 Å². The number of piperidine rings is 1. The Kier molecular flexibility index (Phi) is 7.51. The van der Waals surface area contributed by atoms with E-state index in [4.69, 9.17) is 14.3 Å². The van der Waals surface area contributed by atoms with Gasteiger partial charge in [0.25, 0.3) is 0 Å². The molecule has 3 aromatic rings. The zero-order valence-corrected chi connectivity index (χ0v) is 20.1. The van der Waals surface area contributed by atoms with Crippen LogP contribution >= 0.6 is 0 Å². The van der Waals surface area contributed by atoms with Gasteiger partial charge in [0.05, 0.1) is 25.9 Å². The van der Waals surface area contributed by atoms with E-state index in [2.05, 4.69) is 36.4 Å². The molecule has 4 rings (SSSR count). The molecule has 0 radical (unpaired) electrons. The smallest absolute Gasteiger partial charge is 0.427 e. The second kappa shape index (κ2) is 10.6. The number of rotatable bonds is 6. The Morgan fingerprint density at radius 1 is 1.00 bits per heavy atom. The highest BCUT2D eigenvalue weighted by atomic mass is 16.8. The van der Waals surface area contributed by atoms with Gasteiger partial charge in [-0.25, -0.2) is 4.79 Å². The monoisotopic (exact) mass is 463 g/mol. The van der Waals surface area contributed by atoms with Crippen LogP contribution in [-0.4, -0.2) is 41.1 Å². The number of hydroxylamine groups is 2. The third-order valence-corrected chi connectivity index (χ3v) is 5.95. The van der Waals surface area contributed by atoms with Crippen molar-refractivity contribution in [3.05, 3.63) is 83.4 Å². The van der Waals surface area contributed by atoms with Gasteiger partial charge in [0.1, 0.15) is 5.60 Å². The number of nitrogens with zero attached hydrogens (tertiary/aromatic N) is 1. The van der Waals surface area contributed by atoms with Crippen molar-refractivity contribution in [3.8, 4) is 0 Å². The summed E-state index contributed by atoms with van der Waals surface area (Å²) in [7, 11) is 0. The molecule has 0 aromatic heterocycles. The highest BCUT2D eigenvalue weighted by Crippen LogP contribution is 2.32. The van der Waals surface area contributed by atoms with Crippen LogP contribution in [0.1, 0.15) is 49.8 Å². The van der Waals surface area contributed by atoms with Crippen LogP contribution in [0, 0.1) is 0 Å². The Hall–Kier alpha value is -2.93.